The van der Waals surface area contributed by atoms with Crippen LogP contribution in [0.25, 0.3) is 0 Å². The number of nitrogens with two attached hydrogens (primary N) is 1. The number of hydrogen-bond donors (Lipinski definition) is 2. The maximum atomic E-state index is 8.76. The fourth-order valence-corrected chi connectivity index (χ4v) is 0.739. The van der Waals surface area contributed by atoms with E-state index in [0.29, 0.717) is 5.82 Å². The Bertz CT molecular complexity index is 277. The fourth-order valence-electron chi connectivity index (χ4n) is 0.739. The maximum absolute atomic E-state index is 8.76. The van der Waals surface area contributed by atoms with Gasteiger partial charge in [-0.2, -0.15) is 4.80 Å². The molecule has 1 rings (SSSR count). The Morgan fingerprint density at radius 3 is 2.54 bits per heavy atom. The summed E-state index contributed by atoms with van der Waals surface area (Å²) in [6.07, 6.45) is 0. The van der Waals surface area contributed by atoms with E-state index < -0.39 is 6.04 Å². The normalized spacial score (nSPS) is 14.5. The smallest absolute Gasteiger partial charge is 0.193 e. The molecule has 74 valence electrons. The largest absolute Gasteiger partial charge is 0.394 e. The van der Waals surface area contributed by atoms with Gasteiger partial charge < -0.3 is 10.8 Å². The summed E-state index contributed by atoms with van der Waals surface area (Å²) < 4.78 is 0. The molecule has 0 bridgehead atoms. The van der Waals surface area contributed by atoms with Gasteiger partial charge in [0.15, 0.2) is 5.82 Å². The van der Waals surface area contributed by atoms with Gasteiger partial charge in [0.05, 0.1) is 18.2 Å². The van der Waals surface area contributed by atoms with Crippen LogP contribution in [0.2, 0.25) is 0 Å². The quantitative estimate of drug-likeness (QED) is 0.643. The second-order valence-corrected chi connectivity index (χ2v) is 3.90. The third kappa shape index (κ3) is 2.22. The summed E-state index contributed by atoms with van der Waals surface area (Å²) in [5.74, 6) is 0.373. The van der Waals surface area contributed by atoms with Crippen LogP contribution in [0.15, 0.2) is 0 Å². The van der Waals surface area contributed by atoms with Crippen LogP contribution in [-0.2, 0) is 5.54 Å². The molecule has 13 heavy (non-hydrogen) atoms. The first-order chi connectivity index (χ1) is 5.95. The van der Waals surface area contributed by atoms with Crippen molar-refractivity contribution in [3.63, 3.8) is 0 Å². The molecule has 0 saturated heterocycles. The van der Waals surface area contributed by atoms with Gasteiger partial charge in [-0.3, -0.25) is 0 Å². The molecule has 3 N–H and O–H groups in total. The van der Waals surface area contributed by atoms with E-state index in [-0.39, 0.29) is 12.1 Å². The first-order valence-electron chi connectivity index (χ1n) is 4.12. The van der Waals surface area contributed by atoms with Gasteiger partial charge in [-0.1, -0.05) is 0 Å². The van der Waals surface area contributed by atoms with E-state index >= 15 is 0 Å². The highest BCUT2D eigenvalue weighted by molar-refractivity contribution is 4.87. The van der Waals surface area contributed by atoms with Crippen LogP contribution in [-0.4, -0.2) is 31.9 Å². The molecule has 0 unspecified atom stereocenters. The first kappa shape index (κ1) is 10.1. The van der Waals surface area contributed by atoms with Crippen LogP contribution in [0, 0.1) is 0 Å². The lowest BCUT2D eigenvalue weighted by Gasteiger charge is -2.15. The molecule has 1 aromatic heterocycles. The molecular formula is C7H15N5O. The predicted octanol–water partition coefficient (Wildman–Crippen LogP) is -0.580. The molecule has 6 heteroatoms. The van der Waals surface area contributed by atoms with E-state index in [2.05, 4.69) is 15.4 Å². The van der Waals surface area contributed by atoms with E-state index in [1.165, 1.54) is 4.80 Å². The molecule has 0 fully saturated rings. The number of aliphatic hydroxyl groups is 1. The molecule has 1 atom stereocenters. The summed E-state index contributed by atoms with van der Waals surface area (Å²) >= 11 is 0. The summed E-state index contributed by atoms with van der Waals surface area (Å²) in [5, 5.41) is 20.4. The average molecular weight is 185 g/mol. The SMILES string of the molecule is CC(C)(C)n1nnc([C@H](N)CO)n1. The highest BCUT2D eigenvalue weighted by Gasteiger charge is 2.19. The van der Waals surface area contributed by atoms with Crippen LogP contribution >= 0.6 is 0 Å². The van der Waals surface area contributed by atoms with Crippen LogP contribution < -0.4 is 5.73 Å². The zero-order chi connectivity index (χ0) is 10.1. The van der Waals surface area contributed by atoms with E-state index in [1.54, 1.807) is 0 Å². The van der Waals surface area contributed by atoms with Crippen molar-refractivity contribution >= 4 is 0 Å². The minimum Gasteiger partial charge on any atom is -0.394 e. The number of tetrazole rings is 1. The van der Waals surface area contributed by atoms with Gasteiger partial charge in [-0.05, 0) is 26.0 Å². The predicted molar refractivity (Wildman–Crippen MR) is 46.8 cm³/mol. The molecule has 0 spiro atoms. The zero-order valence-corrected chi connectivity index (χ0v) is 8.10. The lowest BCUT2D eigenvalue weighted by molar-refractivity contribution is 0.260. The van der Waals surface area contributed by atoms with Crippen LogP contribution in [0.4, 0.5) is 0 Å². The number of hydrogen-bond acceptors (Lipinski definition) is 5. The van der Waals surface area contributed by atoms with Crippen molar-refractivity contribution in [3.05, 3.63) is 5.82 Å². The fraction of sp³-hybridized carbons (Fsp3) is 0.857. The van der Waals surface area contributed by atoms with Crippen molar-refractivity contribution in [1.29, 1.82) is 0 Å². The number of nitrogens with zero attached hydrogens (tertiary/aromatic N) is 4. The monoisotopic (exact) mass is 185 g/mol. The Hall–Kier alpha value is -1.01. The highest BCUT2D eigenvalue weighted by Crippen LogP contribution is 2.10. The van der Waals surface area contributed by atoms with Crippen LogP contribution in [0.5, 0.6) is 0 Å². The Morgan fingerprint density at radius 1 is 1.54 bits per heavy atom. The molecule has 0 aliphatic heterocycles. The van der Waals surface area contributed by atoms with Crippen molar-refractivity contribution in [3.8, 4) is 0 Å². The second kappa shape index (κ2) is 3.39. The second-order valence-electron chi connectivity index (χ2n) is 3.90. The molecule has 0 aliphatic rings. The van der Waals surface area contributed by atoms with Gasteiger partial charge in [0.25, 0.3) is 0 Å². The van der Waals surface area contributed by atoms with Crippen molar-refractivity contribution in [2.45, 2.75) is 32.4 Å². The zero-order valence-electron chi connectivity index (χ0n) is 8.10. The van der Waals surface area contributed by atoms with E-state index in [0.717, 1.165) is 0 Å². The third-order valence-electron chi connectivity index (χ3n) is 1.56. The molecule has 6 nitrogen and oxygen atoms in total. The van der Waals surface area contributed by atoms with Crippen molar-refractivity contribution < 1.29 is 5.11 Å². The molecule has 1 heterocycles. The Balaban J connectivity index is 2.87. The number of aromatic nitrogens is 4. The summed E-state index contributed by atoms with van der Waals surface area (Å²) in [6.45, 7) is 5.71. The summed E-state index contributed by atoms with van der Waals surface area (Å²) in [4.78, 5) is 1.48. The van der Waals surface area contributed by atoms with E-state index in [4.69, 9.17) is 10.8 Å². The van der Waals surface area contributed by atoms with E-state index in [1.807, 2.05) is 20.8 Å². The van der Waals surface area contributed by atoms with Gasteiger partial charge in [-0.15, -0.1) is 10.2 Å². The first-order valence-corrected chi connectivity index (χ1v) is 4.12. The van der Waals surface area contributed by atoms with Crippen molar-refractivity contribution in [1.82, 2.24) is 20.2 Å². The van der Waals surface area contributed by atoms with Gasteiger partial charge in [-0.25, -0.2) is 0 Å². The Labute approximate surface area is 76.7 Å². The lowest BCUT2D eigenvalue weighted by atomic mass is 10.1. The van der Waals surface area contributed by atoms with Gasteiger partial charge in [0.1, 0.15) is 0 Å². The van der Waals surface area contributed by atoms with Crippen LogP contribution in [0.1, 0.15) is 32.6 Å². The molecule has 0 amide bonds. The lowest BCUT2D eigenvalue weighted by Crippen LogP contribution is -2.25. The van der Waals surface area contributed by atoms with E-state index in [9.17, 15) is 0 Å². The van der Waals surface area contributed by atoms with Crippen molar-refractivity contribution in [2.24, 2.45) is 5.73 Å². The minimum absolute atomic E-state index is 0.171. The topological polar surface area (TPSA) is 89.9 Å². The van der Waals surface area contributed by atoms with Crippen molar-refractivity contribution in [2.75, 3.05) is 6.61 Å². The molecule has 0 aliphatic carbocycles. The molecular weight excluding hydrogens is 170 g/mol. The summed E-state index contributed by atoms with van der Waals surface area (Å²) in [5.41, 5.74) is 5.31. The van der Waals surface area contributed by atoms with Gasteiger partial charge in [0.2, 0.25) is 0 Å². The molecule has 0 saturated carbocycles. The van der Waals surface area contributed by atoms with Gasteiger partial charge >= 0.3 is 0 Å². The summed E-state index contributed by atoms with van der Waals surface area (Å²) in [6, 6.07) is -0.545. The Kier molecular flexibility index (Phi) is 2.63. The minimum atomic E-state index is -0.545. The standard InChI is InChI=1S/C7H15N5O/c1-7(2,3)12-10-6(9-11-12)5(8)4-13/h5,13H,4,8H2,1-3H3/t5-/m1/s1. The third-order valence-corrected chi connectivity index (χ3v) is 1.56. The molecule has 1 aromatic rings. The molecule has 0 aromatic carbocycles. The Morgan fingerprint density at radius 2 is 2.15 bits per heavy atom. The maximum Gasteiger partial charge on any atom is 0.193 e. The molecule has 0 radical (unpaired) electrons. The number of aliphatic hydroxyl groups excluding tert-OH is 1. The van der Waals surface area contributed by atoms with Gasteiger partial charge in [0, 0.05) is 0 Å². The summed E-state index contributed by atoms with van der Waals surface area (Å²) in [7, 11) is 0. The highest BCUT2D eigenvalue weighted by atomic mass is 16.3. The number of rotatable bonds is 2. The average Bonchev–Trinajstić information content (AvgIpc) is 2.50. The van der Waals surface area contributed by atoms with Crippen LogP contribution in [0.3, 0.4) is 0 Å².